The van der Waals surface area contributed by atoms with Crippen molar-refractivity contribution in [2.45, 2.75) is 12.5 Å². The van der Waals surface area contributed by atoms with E-state index in [9.17, 15) is 9.90 Å². The zero-order valence-corrected chi connectivity index (χ0v) is 13.1. The maximum absolute atomic E-state index is 12.2. The molecule has 23 heavy (non-hydrogen) atoms. The summed E-state index contributed by atoms with van der Waals surface area (Å²) in [6.45, 7) is 0.781. The highest BCUT2D eigenvalue weighted by Crippen LogP contribution is 2.28. The number of ether oxygens (including phenoxy) is 2. The molecule has 3 rings (SSSR count). The van der Waals surface area contributed by atoms with E-state index in [4.69, 9.17) is 9.47 Å². The summed E-state index contributed by atoms with van der Waals surface area (Å²) in [5, 5.41) is 17.0. The Morgan fingerprint density at radius 3 is 3.17 bits per heavy atom. The number of carbonyl (C=O) groups excluding carboxylic acids is 1. The van der Waals surface area contributed by atoms with Gasteiger partial charge >= 0.3 is 0 Å². The highest BCUT2D eigenvalue weighted by atomic mass is 16.5. The SMILES string of the molecule is COc1nn(C)cc1C(=O)NC[C@H](O)c1ccc2c(c1)CCO2. The first kappa shape index (κ1) is 15.4. The van der Waals surface area contributed by atoms with Gasteiger partial charge in [-0.25, -0.2) is 0 Å². The van der Waals surface area contributed by atoms with E-state index in [1.54, 1.807) is 13.2 Å². The van der Waals surface area contributed by atoms with Gasteiger partial charge < -0.3 is 19.9 Å². The van der Waals surface area contributed by atoms with Crippen LogP contribution in [-0.2, 0) is 13.5 Å². The van der Waals surface area contributed by atoms with E-state index in [-0.39, 0.29) is 18.3 Å². The molecule has 2 aromatic rings. The van der Waals surface area contributed by atoms with Gasteiger partial charge in [0.1, 0.15) is 11.3 Å². The summed E-state index contributed by atoms with van der Waals surface area (Å²) < 4.78 is 12.0. The van der Waals surface area contributed by atoms with Crippen LogP contribution in [0.15, 0.2) is 24.4 Å². The average molecular weight is 317 g/mol. The molecule has 0 fully saturated rings. The van der Waals surface area contributed by atoms with E-state index >= 15 is 0 Å². The third kappa shape index (κ3) is 3.14. The molecule has 0 aliphatic carbocycles. The fourth-order valence-electron chi connectivity index (χ4n) is 2.59. The number of benzene rings is 1. The summed E-state index contributed by atoms with van der Waals surface area (Å²) in [6, 6.07) is 5.59. The van der Waals surface area contributed by atoms with E-state index in [1.807, 2.05) is 18.2 Å². The van der Waals surface area contributed by atoms with Crippen molar-refractivity contribution in [3.05, 3.63) is 41.1 Å². The lowest BCUT2D eigenvalue weighted by molar-refractivity contribution is 0.0913. The highest BCUT2D eigenvalue weighted by Gasteiger charge is 2.19. The molecular weight excluding hydrogens is 298 g/mol. The third-order valence-electron chi connectivity index (χ3n) is 3.79. The van der Waals surface area contributed by atoms with Crippen LogP contribution in [0.25, 0.3) is 0 Å². The van der Waals surface area contributed by atoms with Crippen LogP contribution >= 0.6 is 0 Å². The van der Waals surface area contributed by atoms with Crippen molar-refractivity contribution < 1.29 is 19.4 Å². The molecule has 7 heteroatoms. The molecule has 1 amide bonds. The number of rotatable bonds is 5. The molecule has 0 radical (unpaired) electrons. The van der Waals surface area contributed by atoms with Crippen LogP contribution in [0.1, 0.15) is 27.6 Å². The molecular formula is C16H19N3O4. The minimum atomic E-state index is -0.785. The number of methoxy groups -OCH3 is 1. The Balaban J connectivity index is 1.64. The Kier molecular flexibility index (Phi) is 4.20. The molecule has 1 atom stereocenters. The summed E-state index contributed by atoms with van der Waals surface area (Å²) >= 11 is 0. The maximum atomic E-state index is 12.2. The summed E-state index contributed by atoms with van der Waals surface area (Å²) in [7, 11) is 3.17. The number of hydrogen-bond acceptors (Lipinski definition) is 5. The minimum absolute atomic E-state index is 0.108. The highest BCUT2D eigenvalue weighted by molar-refractivity contribution is 5.96. The van der Waals surface area contributed by atoms with Gasteiger partial charge in [-0.15, -0.1) is 5.10 Å². The van der Waals surface area contributed by atoms with E-state index < -0.39 is 6.10 Å². The summed E-state index contributed by atoms with van der Waals surface area (Å²) in [4.78, 5) is 12.2. The second kappa shape index (κ2) is 6.29. The first-order valence-electron chi connectivity index (χ1n) is 7.38. The number of fused-ring (bicyclic) bond motifs is 1. The number of nitrogens with zero attached hydrogens (tertiary/aromatic N) is 2. The van der Waals surface area contributed by atoms with Gasteiger partial charge in [-0.1, -0.05) is 6.07 Å². The fraction of sp³-hybridized carbons (Fsp3) is 0.375. The number of aliphatic hydroxyl groups is 1. The summed E-state index contributed by atoms with van der Waals surface area (Å²) in [5.74, 6) is 0.790. The van der Waals surface area contributed by atoms with Gasteiger partial charge in [-0.2, -0.15) is 0 Å². The first-order chi connectivity index (χ1) is 11.1. The molecule has 0 saturated carbocycles. The van der Waals surface area contributed by atoms with Gasteiger partial charge in [-0.05, 0) is 23.3 Å². The Labute approximate surface area is 133 Å². The van der Waals surface area contributed by atoms with Crippen LogP contribution in [0.3, 0.4) is 0 Å². The first-order valence-corrected chi connectivity index (χ1v) is 7.38. The molecule has 122 valence electrons. The number of nitrogens with one attached hydrogen (secondary N) is 1. The van der Waals surface area contributed by atoms with Crippen molar-refractivity contribution in [2.75, 3.05) is 20.3 Å². The predicted octanol–water partition coefficient (Wildman–Crippen LogP) is 0.827. The van der Waals surface area contributed by atoms with E-state index in [1.165, 1.54) is 11.8 Å². The molecule has 1 aliphatic rings. The molecule has 1 aromatic carbocycles. The number of aliphatic hydroxyl groups excluding tert-OH is 1. The standard InChI is InChI=1S/C16H19N3O4/c1-19-9-12(16(18-19)22-2)15(21)17-8-13(20)10-3-4-14-11(7-10)5-6-23-14/h3-4,7,9,13,20H,5-6,8H2,1-2H3,(H,17,21)/t13-/m0/s1. The molecule has 7 nitrogen and oxygen atoms in total. The number of aromatic nitrogens is 2. The maximum Gasteiger partial charge on any atom is 0.258 e. The van der Waals surface area contributed by atoms with Gasteiger partial charge in [0, 0.05) is 26.2 Å². The Morgan fingerprint density at radius 2 is 2.39 bits per heavy atom. The molecule has 2 N–H and O–H groups in total. The van der Waals surface area contributed by atoms with Gasteiger partial charge in [0.2, 0.25) is 5.88 Å². The lowest BCUT2D eigenvalue weighted by Crippen LogP contribution is -2.28. The van der Waals surface area contributed by atoms with Crippen molar-refractivity contribution in [3.8, 4) is 11.6 Å². The Morgan fingerprint density at radius 1 is 1.57 bits per heavy atom. The topological polar surface area (TPSA) is 85.6 Å². The van der Waals surface area contributed by atoms with Gasteiger partial charge in [0.15, 0.2) is 0 Å². The Hall–Kier alpha value is -2.54. The van der Waals surface area contributed by atoms with Crippen molar-refractivity contribution in [2.24, 2.45) is 7.05 Å². The second-order valence-electron chi connectivity index (χ2n) is 5.42. The molecule has 0 spiro atoms. The lowest BCUT2D eigenvalue weighted by Gasteiger charge is -2.13. The molecule has 0 saturated heterocycles. The van der Waals surface area contributed by atoms with Gasteiger partial charge in [0.25, 0.3) is 5.91 Å². The number of carbonyl (C=O) groups is 1. The van der Waals surface area contributed by atoms with Crippen LogP contribution < -0.4 is 14.8 Å². The smallest absolute Gasteiger partial charge is 0.258 e. The van der Waals surface area contributed by atoms with Crippen LogP contribution in [0.5, 0.6) is 11.6 Å². The molecule has 0 bridgehead atoms. The zero-order chi connectivity index (χ0) is 16.4. The van der Waals surface area contributed by atoms with Crippen molar-refractivity contribution in [1.29, 1.82) is 0 Å². The normalized spacial score (nSPS) is 14.0. The van der Waals surface area contributed by atoms with E-state index in [0.29, 0.717) is 12.2 Å². The zero-order valence-electron chi connectivity index (χ0n) is 13.1. The van der Waals surface area contributed by atoms with Crippen LogP contribution in [0, 0.1) is 0 Å². The third-order valence-corrected chi connectivity index (χ3v) is 3.79. The largest absolute Gasteiger partial charge is 0.493 e. The number of aryl methyl sites for hydroxylation is 1. The lowest BCUT2D eigenvalue weighted by atomic mass is 10.0. The van der Waals surface area contributed by atoms with Crippen LogP contribution in [0.2, 0.25) is 0 Å². The van der Waals surface area contributed by atoms with Crippen molar-refractivity contribution in [1.82, 2.24) is 15.1 Å². The van der Waals surface area contributed by atoms with Gasteiger partial charge in [-0.3, -0.25) is 9.48 Å². The summed E-state index contributed by atoms with van der Waals surface area (Å²) in [6.07, 6.45) is 1.63. The van der Waals surface area contributed by atoms with E-state index in [2.05, 4.69) is 10.4 Å². The van der Waals surface area contributed by atoms with Crippen LogP contribution in [-0.4, -0.2) is 41.1 Å². The minimum Gasteiger partial charge on any atom is -0.493 e. The predicted molar refractivity (Wildman–Crippen MR) is 82.7 cm³/mol. The van der Waals surface area contributed by atoms with Crippen LogP contribution in [0.4, 0.5) is 0 Å². The monoisotopic (exact) mass is 317 g/mol. The quantitative estimate of drug-likeness (QED) is 0.853. The molecule has 0 unspecified atom stereocenters. The molecule has 1 aromatic heterocycles. The average Bonchev–Trinajstić information content (AvgIpc) is 3.17. The molecule has 1 aliphatic heterocycles. The van der Waals surface area contributed by atoms with Crippen molar-refractivity contribution >= 4 is 5.91 Å². The van der Waals surface area contributed by atoms with Gasteiger partial charge in [0.05, 0.1) is 19.8 Å². The number of hydrogen-bond donors (Lipinski definition) is 2. The fourth-order valence-corrected chi connectivity index (χ4v) is 2.59. The summed E-state index contributed by atoms with van der Waals surface area (Å²) in [5.41, 5.74) is 2.18. The Bertz CT molecular complexity index is 726. The van der Waals surface area contributed by atoms with Crippen molar-refractivity contribution in [3.63, 3.8) is 0 Å². The second-order valence-corrected chi connectivity index (χ2v) is 5.42. The molecule has 2 heterocycles. The van der Waals surface area contributed by atoms with E-state index in [0.717, 1.165) is 23.3 Å². The number of amides is 1.